The van der Waals surface area contributed by atoms with Crippen LogP contribution in [0.2, 0.25) is 0 Å². The van der Waals surface area contributed by atoms with Crippen LogP contribution in [0.25, 0.3) is 0 Å². The Morgan fingerprint density at radius 1 is 1.53 bits per heavy atom. The molecule has 0 atom stereocenters. The molecule has 0 bridgehead atoms. The Bertz CT molecular complexity index is 455. The highest BCUT2D eigenvalue weighted by molar-refractivity contribution is 8.01. The first-order chi connectivity index (χ1) is 7.28. The maximum atomic E-state index is 5.59. The number of aromatic nitrogens is 3. The van der Waals surface area contributed by atoms with Crippen molar-refractivity contribution >= 4 is 29.1 Å². The van der Waals surface area contributed by atoms with Gasteiger partial charge in [0.15, 0.2) is 4.34 Å². The Morgan fingerprint density at radius 3 is 3.07 bits per heavy atom. The standard InChI is InChI=1S/C9H10N4S2/c1-2-8-12-9(15-13-8)14-6-3-4-11-7(10)5-6/h3-5H,2H2,1H3,(H2,10,11). The number of pyridine rings is 1. The van der Waals surface area contributed by atoms with E-state index >= 15 is 0 Å². The number of nitrogen functional groups attached to an aromatic ring is 1. The van der Waals surface area contributed by atoms with Crippen LogP contribution < -0.4 is 5.73 Å². The third-order valence-electron chi connectivity index (χ3n) is 1.72. The molecule has 78 valence electrons. The fourth-order valence-corrected chi connectivity index (χ4v) is 2.73. The van der Waals surface area contributed by atoms with Gasteiger partial charge in [0.1, 0.15) is 11.6 Å². The minimum Gasteiger partial charge on any atom is -0.384 e. The fourth-order valence-electron chi connectivity index (χ4n) is 1.02. The minimum absolute atomic E-state index is 0.528. The summed E-state index contributed by atoms with van der Waals surface area (Å²) in [5.74, 6) is 1.42. The lowest BCUT2D eigenvalue weighted by Crippen LogP contribution is -1.88. The van der Waals surface area contributed by atoms with Crippen molar-refractivity contribution in [1.29, 1.82) is 0 Å². The summed E-state index contributed by atoms with van der Waals surface area (Å²) in [7, 11) is 0. The summed E-state index contributed by atoms with van der Waals surface area (Å²) < 4.78 is 5.16. The van der Waals surface area contributed by atoms with Crippen LogP contribution in [0.3, 0.4) is 0 Å². The summed E-state index contributed by atoms with van der Waals surface area (Å²) in [4.78, 5) is 9.34. The van der Waals surface area contributed by atoms with E-state index < -0.39 is 0 Å². The van der Waals surface area contributed by atoms with E-state index in [0.717, 1.165) is 21.5 Å². The van der Waals surface area contributed by atoms with E-state index in [1.54, 1.807) is 18.0 Å². The van der Waals surface area contributed by atoms with Gasteiger partial charge in [-0.05, 0) is 23.7 Å². The smallest absolute Gasteiger partial charge is 0.174 e. The molecule has 0 aliphatic heterocycles. The zero-order chi connectivity index (χ0) is 10.7. The zero-order valence-corrected chi connectivity index (χ0v) is 9.81. The fraction of sp³-hybridized carbons (Fsp3) is 0.222. The average molecular weight is 238 g/mol. The van der Waals surface area contributed by atoms with Crippen LogP contribution >= 0.6 is 23.3 Å². The number of hydrogen-bond donors (Lipinski definition) is 1. The first-order valence-corrected chi connectivity index (χ1v) is 6.09. The van der Waals surface area contributed by atoms with Gasteiger partial charge in [-0.1, -0.05) is 18.7 Å². The van der Waals surface area contributed by atoms with Crippen LogP contribution in [0.15, 0.2) is 27.6 Å². The van der Waals surface area contributed by atoms with Crippen molar-refractivity contribution in [3.8, 4) is 0 Å². The lowest BCUT2D eigenvalue weighted by atomic mass is 10.5. The van der Waals surface area contributed by atoms with Gasteiger partial charge >= 0.3 is 0 Å². The quantitative estimate of drug-likeness (QED) is 0.888. The highest BCUT2D eigenvalue weighted by Crippen LogP contribution is 2.29. The molecule has 2 heterocycles. The average Bonchev–Trinajstić information content (AvgIpc) is 2.65. The van der Waals surface area contributed by atoms with Crippen LogP contribution in [0.1, 0.15) is 12.7 Å². The number of nitrogens with two attached hydrogens (primary N) is 1. The van der Waals surface area contributed by atoms with Gasteiger partial charge in [0.05, 0.1) is 0 Å². The Labute approximate surface area is 96.1 Å². The second-order valence-electron chi connectivity index (χ2n) is 2.85. The minimum atomic E-state index is 0.528. The molecule has 2 N–H and O–H groups in total. The number of nitrogens with zero attached hydrogens (tertiary/aromatic N) is 3. The van der Waals surface area contributed by atoms with Gasteiger partial charge in [0.2, 0.25) is 0 Å². The number of anilines is 1. The predicted molar refractivity (Wildman–Crippen MR) is 62.1 cm³/mol. The number of rotatable bonds is 3. The second-order valence-corrected chi connectivity index (χ2v) is 4.92. The molecule has 15 heavy (non-hydrogen) atoms. The van der Waals surface area contributed by atoms with Crippen molar-refractivity contribution in [2.75, 3.05) is 5.73 Å². The van der Waals surface area contributed by atoms with E-state index in [9.17, 15) is 0 Å². The normalized spacial score (nSPS) is 10.5. The van der Waals surface area contributed by atoms with Gasteiger partial charge in [-0.25, -0.2) is 9.97 Å². The van der Waals surface area contributed by atoms with Crippen molar-refractivity contribution < 1.29 is 0 Å². The molecule has 0 aliphatic rings. The second kappa shape index (κ2) is 4.59. The SMILES string of the molecule is CCc1nsc(Sc2ccnc(N)c2)n1. The molecule has 2 rings (SSSR count). The summed E-state index contributed by atoms with van der Waals surface area (Å²) in [6, 6.07) is 3.74. The molecular formula is C9H10N4S2. The Hall–Kier alpha value is -1.14. The number of hydrogen-bond acceptors (Lipinski definition) is 6. The monoisotopic (exact) mass is 238 g/mol. The third-order valence-corrected chi connectivity index (χ3v) is 3.50. The topological polar surface area (TPSA) is 64.7 Å². The molecule has 0 saturated heterocycles. The highest BCUT2D eigenvalue weighted by Gasteiger charge is 2.04. The Kier molecular flexibility index (Phi) is 3.17. The van der Waals surface area contributed by atoms with Gasteiger partial charge in [0, 0.05) is 17.5 Å². The van der Waals surface area contributed by atoms with Crippen molar-refractivity contribution in [1.82, 2.24) is 14.3 Å². The van der Waals surface area contributed by atoms with Gasteiger partial charge in [-0.3, -0.25) is 0 Å². The Balaban J connectivity index is 2.14. The van der Waals surface area contributed by atoms with Gasteiger partial charge in [-0.15, -0.1) is 0 Å². The van der Waals surface area contributed by atoms with Crippen molar-refractivity contribution in [2.45, 2.75) is 22.6 Å². The summed E-state index contributed by atoms with van der Waals surface area (Å²) >= 11 is 2.98. The zero-order valence-electron chi connectivity index (χ0n) is 8.17. The predicted octanol–water partition coefficient (Wildman–Crippen LogP) is 2.23. The van der Waals surface area contributed by atoms with Crippen LogP contribution in [0.4, 0.5) is 5.82 Å². The third kappa shape index (κ3) is 2.66. The van der Waals surface area contributed by atoms with Crippen LogP contribution in [0.5, 0.6) is 0 Å². The lowest BCUT2D eigenvalue weighted by Gasteiger charge is -1.97. The van der Waals surface area contributed by atoms with Crippen molar-refractivity contribution in [2.24, 2.45) is 0 Å². The molecular weight excluding hydrogens is 228 g/mol. The molecule has 2 aromatic rings. The molecule has 0 aliphatic carbocycles. The van der Waals surface area contributed by atoms with E-state index in [1.165, 1.54) is 11.5 Å². The summed E-state index contributed by atoms with van der Waals surface area (Å²) in [5.41, 5.74) is 5.59. The Morgan fingerprint density at radius 2 is 2.40 bits per heavy atom. The van der Waals surface area contributed by atoms with Gasteiger partial charge in [0.25, 0.3) is 0 Å². The number of aryl methyl sites for hydroxylation is 1. The molecule has 0 fully saturated rings. The largest absolute Gasteiger partial charge is 0.384 e. The van der Waals surface area contributed by atoms with Crippen LogP contribution in [0, 0.1) is 0 Å². The summed E-state index contributed by atoms with van der Waals surface area (Å²) in [5, 5.41) is 0. The molecule has 4 nitrogen and oxygen atoms in total. The van der Waals surface area contributed by atoms with Crippen LogP contribution in [-0.2, 0) is 6.42 Å². The molecule has 0 unspecified atom stereocenters. The van der Waals surface area contributed by atoms with Crippen molar-refractivity contribution in [3.05, 3.63) is 24.2 Å². The molecule has 0 saturated carbocycles. The summed E-state index contributed by atoms with van der Waals surface area (Å²) in [6.45, 7) is 2.04. The lowest BCUT2D eigenvalue weighted by molar-refractivity contribution is 0.971. The van der Waals surface area contributed by atoms with E-state index in [-0.39, 0.29) is 0 Å². The maximum Gasteiger partial charge on any atom is 0.174 e. The maximum absolute atomic E-state index is 5.59. The van der Waals surface area contributed by atoms with E-state index in [0.29, 0.717) is 5.82 Å². The molecule has 6 heteroatoms. The van der Waals surface area contributed by atoms with Gasteiger partial charge in [-0.2, -0.15) is 4.37 Å². The van der Waals surface area contributed by atoms with E-state index in [2.05, 4.69) is 14.3 Å². The van der Waals surface area contributed by atoms with Gasteiger partial charge < -0.3 is 5.73 Å². The molecule has 0 spiro atoms. The van der Waals surface area contributed by atoms with Crippen LogP contribution in [-0.4, -0.2) is 14.3 Å². The highest BCUT2D eigenvalue weighted by atomic mass is 32.2. The summed E-state index contributed by atoms with van der Waals surface area (Å²) in [6.07, 6.45) is 2.56. The molecule has 2 aromatic heterocycles. The first-order valence-electron chi connectivity index (χ1n) is 4.50. The molecule has 0 amide bonds. The first kappa shape index (κ1) is 10.4. The van der Waals surface area contributed by atoms with E-state index in [1.807, 2.05) is 19.1 Å². The van der Waals surface area contributed by atoms with Crippen molar-refractivity contribution in [3.63, 3.8) is 0 Å². The van der Waals surface area contributed by atoms with E-state index in [4.69, 9.17) is 5.73 Å². The molecule has 0 aromatic carbocycles. The molecule has 0 radical (unpaired) electrons.